The van der Waals surface area contributed by atoms with E-state index in [1.807, 2.05) is 0 Å². The molecule has 0 spiro atoms. The summed E-state index contributed by atoms with van der Waals surface area (Å²) in [5.74, 6) is -0.204. The molecule has 2 aromatic carbocycles. The Morgan fingerprint density at radius 2 is 1.90 bits per heavy atom. The van der Waals surface area contributed by atoms with Crippen molar-refractivity contribution in [1.29, 1.82) is 0 Å². The Bertz CT molecular complexity index is 1190. The van der Waals surface area contributed by atoms with Gasteiger partial charge in [-0.2, -0.15) is 13.1 Å². The fourth-order valence-corrected chi connectivity index (χ4v) is 5.71. The molecule has 3 aromatic rings. The number of benzene rings is 2. The number of sulfonamides is 1. The maximum absolute atomic E-state index is 13.1. The molecule has 2 heterocycles. The second-order valence-corrected chi connectivity index (χ2v) is 10.4. The smallest absolute Gasteiger partial charge is 0.245 e. The molecule has 0 aliphatic carbocycles. The molecule has 1 amide bonds. The molecule has 8 nitrogen and oxygen atoms in total. The molecule has 1 aromatic heterocycles. The first-order valence-corrected chi connectivity index (χ1v) is 12.2. The van der Waals surface area contributed by atoms with Crippen LogP contribution in [-0.4, -0.2) is 71.5 Å². The van der Waals surface area contributed by atoms with Gasteiger partial charge < -0.3 is 9.80 Å². The third kappa shape index (κ3) is 4.28. The first kappa shape index (κ1) is 21.7. The number of amides is 1. The van der Waals surface area contributed by atoms with Crippen LogP contribution in [0.1, 0.15) is 12.5 Å². The van der Waals surface area contributed by atoms with Gasteiger partial charge in [0.2, 0.25) is 15.9 Å². The van der Waals surface area contributed by atoms with Crippen molar-refractivity contribution in [2.75, 3.05) is 38.1 Å². The largest absolute Gasteiger partial charge is 0.365 e. The number of aromatic nitrogens is 2. The average Bonchev–Trinajstić information content (AvgIpc) is 3.23. The number of anilines is 1. The molecular formula is C21H25N5O3S2. The predicted molar refractivity (Wildman–Crippen MR) is 122 cm³/mol. The summed E-state index contributed by atoms with van der Waals surface area (Å²) in [6, 6.07) is 13.3. The maximum Gasteiger partial charge on any atom is 0.245 e. The van der Waals surface area contributed by atoms with Gasteiger partial charge in [0.1, 0.15) is 15.9 Å². The van der Waals surface area contributed by atoms with Gasteiger partial charge >= 0.3 is 0 Å². The molecule has 4 rings (SSSR count). The van der Waals surface area contributed by atoms with Crippen LogP contribution >= 0.6 is 11.7 Å². The van der Waals surface area contributed by atoms with E-state index in [1.54, 1.807) is 17.0 Å². The summed E-state index contributed by atoms with van der Waals surface area (Å²) in [5, 5.41) is 0. The predicted octanol–water partition coefficient (Wildman–Crippen LogP) is 2.36. The minimum absolute atomic E-state index is 0.0756. The quantitative estimate of drug-likeness (QED) is 0.582. The van der Waals surface area contributed by atoms with E-state index in [0.29, 0.717) is 30.7 Å². The highest BCUT2D eigenvalue weighted by atomic mass is 32.2. The Kier molecular flexibility index (Phi) is 5.96. The minimum Gasteiger partial charge on any atom is -0.365 e. The van der Waals surface area contributed by atoms with Crippen LogP contribution in [0.25, 0.3) is 11.0 Å². The van der Waals surface area contributed by atoms with Crippen LogP contribution in [0, 0.1) is 6.92 Å². The first-order valence-electron chi connectivity index (χ1n) is 10.1. The lowest BCUT2D eigenvalue weighted by atomic mass is 10.1. The van der Waals surface area contributed by atoms with Crippen molar-refractivity contribution in [2.45, 2.75) is 24.8 Å². The van der Waals surface area contributed by atoms with Crippen molar-refractivity contribution < 1.29 is 13.2 Å². The molecule has 1 saturated heterocycles. The van der Waals surface area contributed by atoms with Crippen molar-refractivity contribution in [3.8, 4) is 0 Å². The number of aryl methyl sites for hydroxylation is 1. The monoisotopic (exact) mass is 459 g/mol. The average molecular weight is 460 g/mol. The Labute approximate surface area is 186 Å². The fraction of sp³-hybridized carbons (Fsp3) is 0.381. The van der Waals surface area contributed by atoms with Crippen LogP contribution in [0.2, 0.25) is 0 Å². The summed E-state index contributed by atoms with van der Waals surface area (Å²) in [5.41, 5.74) is 3.22. The van der Waals surface area contributed by atoms with Gasteiger partial charge in [-0.3, -0.25) is 4.79 Å². The number of carbonyl (C=O) groups excluding carboxylic acids is 1. The fourth-order valence-electron chi connectivity index (χ4n) is 3.84. The SMILES string of the molecule is Cc1ccc(N2CCN(C(=O)CN(C)S(=O)(=O)c3cccc4nsnc34)C[C@@H]2C)cc1. The van der Waals surface area contributed by atoms with E-state index in [0.717, 1.165) is 21.7 Å². The number of hydrogen-bond donors (Lipinski definition) is 0. The highest BCUT2D eigenvalue weighted by molar-refractivity contribution is 7.89. The Morgan fingerprint density at radius 1 is 1.16 bits per heavy atom. The van der Waals surface area contributed by atoms with Crippen molar-refractivity contribution in [3.05, 3.63) is 48.0 Å². The molecule has 1 fully saturated rings. The van der Waals surface area contributed by atoms with E-state index in [4.69, 9.17) is 0 Å². The van der Waals surface area contributed by atoms with Gasteiger partial charge in [-0.1, -0.05) is 23.8 Å². The number of hydrogen-bond acceptors (Lipinski definition) is 7. The zero-order valence-electron chi connectivity index (χ0n) is 17.7. The van der Waals surface area contributed by atoms with Gasteiger partial charge in [-0.25, -0.2) is 8.42 Å². The number of fused-ring (bicyclic) bond motifs is 1. The van der Waals surface area contributed by atoms with Crippen LogP contribution < -0.4 is 4.90 Å². The molecule has 0 unspecified atom stereocenters. The molecule has 0 N–H and O–H groups in total. The number of nitrogens with zero attached hydrogens (tertiary/aromatic N) is 5. The van der Waals surface area contributed by atoms with Crippen LogP contribution in [0.3, 0.4) is 0 Å². The van der Waals surface area contributed by atoms with E-state index in [-0.39, 0.29) is 23.4 Å². The normalized spacial score (nSPS) is 17.5. The minimum atomic E-state index is -3.86. The standard InChI is InChI=1S/C21H25N5O3S2/c1-15-7-9-17(10-8-15)26-12-11-25(13-16(26)2)20(27)14-24(3)31(28,29)19-6-4-5-18-21(19)23-30-22-18/h4-10,16H,11-14H2,1-3H3/t16-/m0/s1. The lowest BCUT2D eigenvalue weighted by Gasteiger charge is -2.41. The Balaban J connectivity index is 1.43. The molecule has 0 bridgehead atoms. The van der Waals surface area contributed by atoms with Gasteiger partial charge in [-0.15, -0.1) is 0 Å². The van der Waals surface area contributed by atoms with Gasteiger partial charge in [0.15, 0.2) is 0 Å². The molecule has 164 valence electrons. The number of likely N-dealkylation sites (N-methyl/N-ethyl adjacent to an activating group) is 1. The number of rotatable bonds is 5. The van der Waals surface area contributed by atoms with Gasteiger partial charge in [0.05, 0.1) is 18.3 Å². The maximum atomic E-state index is 13.1. The molecule has 1 aliphatic heterocycles. The van der Waals surface area contributed by atoms with E-state index < -0.39 is 10.0 Å². The van der Waals surface area contributed by atoms with Crippen molar-refractivity contribution in [2.24, 2.45) is 0 Å². The van der Waals surface area contributed by atoms with E-state index in [1.165, 1.54) is 18.7 Å². The lowest BCUT2D eigenvalue weighted by Crippen LogP contribution is -2.55. The molecule has 0 saturated carbocycles. The van der Waals surface area contributed by atoms with E-state index >= 15 is 0 Å². The highest BCUT2D eigenvalue weighted by Gasteiger charge is 2.31. The lowest BCUT2D eigenvalue weighted by molar-refractivity contribution is -0.131. The number of carbonyl (C=O) groups is 1. The molecule has 31 heavy (non-hydrogen) atoms. The van der Waals surface area contributed by atoms with Crippen LogP contribution in [0.15, 0.2) is 47.4 Å². The van der Waals surface area contributed by atoms with Crippen LogP contribution in [0.4, 0.5) is 5.69 Å². The summed E-state index contributed by atoms with van der Waals surface area (Å²) in [6.07, 6.45) is 0. The Morgan fingerprint density at radius 3 is 2.61 bits per heavy atom. The van der Waals surface area contributed by atoms with Crippen molar-refractivity contribution in [1.82, 2.24) is 18.0 Å². The van der Waals surface area contributed by atoms with Crippen molar-refractivity contribution >= 4 is 44.4 Å². The molecule has 1 aliphatic rings. The number of piperazine rings is 1. The molecule has 1 atom stereocenters. The van der Waals surface area contributed by atoms with E-state index in [2.05, 4.69) is 51.8 Å². The Hall–Kier alpha value is -2.56. The summed E-state index contributed by atoms with van der Waals surface area (Å²) in [6.45, 7) is 5.72. The second-order valence-electron chi connectivity index (χ2n) is 7.87. The summed E-state index contributed by atoms with van der Waals surface area (Å²) >= 11 is 0.968. The summed E-state index contributed by atoms with van der Waals surface area (Å²) in [4.78, 5) is 17.0. The molecule has 0 radical (unpaired) electrons. The summed E-state index contributed by atoms with van der Waals surface area (Å²) < 4.78 is 35.5. The van der Waals surface area contributed by atoms with E-state index in [9.17, 15) is 13.2 Å². The highest BCUT2D eigenvalue weighted by Crippen LogP contribution is 2.24. The van der Waals surface area contributed by atoms with Crippen LogP contribution in [-0.2, 0) is 14.8 Å². The first-order chi connectivity index (χ1) is 14.8. The zero-order chi connectivity index (χ0) is 22.2. The van der Waals surface area contributed by atoms with Crippen LogP contribution in [0.5, 0.6) is 0 Å². The summed E-state index contributed by atoms with van der Waals surface area (Å²) in [7, 11) is -2.43. The van der Waals surface area contributed by atoms with Gasteiger partial charge in [0.25, 0.3) is 0 Å². The topological polar surface area (TPSA) is 86.7 Å². The van der Waals surface area contributed by atoms with Gasteiger partial charge in [0, 0.05) is 38.4 Å². The van der Waals surface area contributed by atoms with Crippen molar-refractivity contribution in [3.63, 3.8) is 0 Å². The van der Waals surface area contributed by atoms with Gasteiger partial charge in [-0.05, 0) is 38.1 Å². The molecular weight excluding hydrogens is 434 g/mol. The second kappa shape index (κ2) is 8.52. The third-order valence-corrected chi connectivity index (χ3v) is 8.02. The third-order valence-electron chi connectivity index (χ3n) is 5.64. The zero-order valence-corrected chi connectivity index (χ0v) is 19.4. The molecule has 10 heteroatoms.